The Hall–Kier alpha value is -2.41. The van der Waals surface area contributed by atoms with E-state index in [9.17, 15) is 14.4 Å². The second kappa shape index (κ2) is 8.52. The summed E-state index contributed by atoms with van der Waals surface area (Å²) >= 11 is 0. The fraction of sp³-hybridized carbons (Fsp3) is 0.550. The predicted molar refractivity (Wildman–Crippen MR) is 97.4 cm³/mol. The second-order valence-corrected chi connectivity index (χ2v) is 7.26. The molecule has 0 spiro atoms. The number of benzene rings is 1. The summed E-state index contributed by atoms with van der Waals surface area (Å²) in [6.45, 7) is 2.11. The van der Waals surface area contributed by atoms with Crippen molar-refractivity contribution in [2.45, 2.75) is 38.2 Å². The number of carbonyl (C=O) groups is 3. The third kappa shape index (κ3) is 4.47. The summed E-state index contributed by atoms with van der Waals surface area (Å²) in [7, 11) is 0. The maximum Gasteiger partial charge on any atom is 0.313 e. The summed E-state index contributed by atoms with van der Waals surface area (Å²) in [5.74, 6) is -1.29. The zero-order chi connectivity index (χ0) is 19.3. The Labute approximate surface area is 158 Å². The van der Waals surface area contributed by atoms with Gasteiger partial charge in [0, 0.05) is 25.1 Å². The highest BCUT2D eigenvalue weighted by atomic mass is 16.5. The molecule has 2 N–H and O–H groups in total. The number of morpholine rings is 1. The Morgan fingerprint density at radius 2 is 1.74 bits per heavy atom. The molecule has 3 rings (SSSR count). The molecule has 27 heavy (non-hydrogen) atoms. The van der Waals surface area contributed by atoms with Gasteiger partial charge in [-0.1, -0.05) is 43.2 Å². The SMILES string of the molecule is NC(=O)C(OC(=O)C1(CC(=O)N2CCOCC2)CCCC1)c1ccccc1. The third-order valence-corrected chi connectivity index (χ3v) is 5.43. The van der Waals surface area contributed by atoms with E-state index in [0.29, 0.717) is 44.7 Å². The molecule has 146 valence electrons. The minimum atomic E-state index is -1.14. The molecule has 1 aliphatic carbocycles. The average Bonchev–Trinajstić information content (AvgIpc) is 3.16. The van der Waals surface area contributed by atoms with Crippen molar-refractivity contribution in [3.05, 3.63) is 35.9 Å². The van der Waals surface area contributed by atoms with Crippen molar-refractivity contribution in [3.63, 3.8) is 0 Å². The van der Waals surface area contributed by atoms with Gasteiger partial charge in [0.15, 0.2) is 0 Å². The van der Waals surface area contributed by atoms with Crippen LogP contribution in [0.1, 0.15) is 43.8 Å². The molecule has 1 atom stereocenters. The molecule has 1 aromatic rings. The van der Waals surface area contributed by atoms with E-state index < -0.39 is 23.4 Å². The highest BCUT2D eigenvalue weighted by Crippen LogP contribution is 2.43. The lowest BCUT2D eigenvalue weighted by atomic mass is 9.82. The van der Waals surface area contributed by atoms with Gasteiger partial charge in [-0.15, -0.1) is 0 Å². The van der Waals surface area contributed by atoms with Crippen LogP contribution >= 0.6 is 0 Å². The fourth-order valence-corrected chi connectivity index (χ4v) is 3.87. The molecule has 0 radical (unpaired) electrons. The number of primary amides is 1. The van der Waals surface area contributed by atoms with Crippen LogP contribution < -0.4 is 5.73 Å². The highest BCUT2D eigenvalue weighted by molar-refractivity contribution is 5.89. The van der Waals surface area contributed by atoms with Crippen LogP contribution in [0, 0.1) is 5.41 Å². The average molecular weight is 374 g/mol. The Balaban J connectivity index is 1.74. The first kappa shape index (κ1) is 19.4. The maximum absolute atomic E-state index is 13.0. The van der Waals surface area contributed by atoms with Gasteiger partial charge in [-0.3, -0.25) is 14.4 Å². The molecule has 7 nitrogen and oxygen atoms in total. The zero-order valence-electron chi connectivity index (χ0n) is 15.4. The minimum Gasteiger partial charge on any atom is -0.447 e. The smallest absolute Gasteiger partial charge is 0.313 e. The van der Waals surface area contributed by atoms with Crippen molar-refractivity contribution < 1.29 is 23.9 Å². The number of nitrogens with zero attached hydrogens (tertiary/aromatic N) is 1. The van der Waals surface area contributed by atoms with Crippen LogP contribution in [0.3, 0.4) is 0 Å². The largest absolute Gasteiger partial charge is 0.447 e. The van der Waals surface area contributed by atoms with Gasteiger partial charge in [0.1, 0.15) is 0 Å². The van der Waals surface area contributed by atoms with Gasteiger partial charge in [0.05, 0.1) is 18.6 Å². The minimum absolute atomic E-state index is 0.0625. The topological polar surface area (TPSA) is 98.9 Å². The molecule has 0 bridgehead atoms. The van der Waals surface area contributed by atoms with Gasteiger partial charge in [-0.05, 0) is 12.8 Å². The molecular formula is C20H26N2O5. The van der Waals surface area contributed by atoms with E-state index in [1.807, 2.05) is 6.07 Å². The molecule has 7 heteroatoms. The van der Waals surface area contributed by atoms with E-state index in [1.165, 1.54) is 0 Å². The molecule has 0 aromatic heterocycles. The van der Waals surface area contributed by atoms with Gasteiger partial charge >= 0.3 is 5.97 Å². The Bertz CT molecular complexity index is 679. The predicted octanol–water partition coefficient (Wildman–Crippen LogP) is 1.57. The van der Waals surface area contributed by atoms with Gasteiger partial charge in [-0.25, -0.2) is 0 Å². The van der Waals surface area contributed by atoms with Crippen LogP contribution in [0.25, 0.3) is 0 Å². The fourth-order valence-electron chi connectivity index (χ4n) is 3.87. The Morgan fingerprint density at radius 3 is 2.33 bits per heavy atom. The van der Waals surface area contributed by atoms with Crippen LogP contribution in [-0.4, -0.2) is 49.0 Å². The zero-order valence-corrected chi connectivity index (χ0v) is 15.4. The number of esters is 1. The van der Waals surface area contributed by atoms with Crippen LogP contribution in [0.4, 0.5) is 0 Å². The van der Waals surface area contributed by atoms with Crippen LogP contribution in [0.15, 0.2) is 30.3 Å². The van der Waals surface area contributed by atoms with Crippen molar-refractivity contribution in [1.29, 1.82) is 0 Å². The van der Waals surface area contributed by atoms with Gasteiger partial charge in [0.25, 0.3) is 5.91 Å². The second-order valence-electron chi connectivity index (χ2n) is 7.26. The van der Waals surface area contributed by atoms with Crippen molar-refractivity contribution >= 4 is 17.8 Å². The molecule has 1 unspecified atom stereocenters. The quantitative estimate of drug-likeness (QED) is 0.762. The van der Waals surface area contributed by atoms with Crippen LogP contribution in [0.5, 0.6) is 0 Å². The van der Waals surface area contributed by atoms with Crippen LogP contribution in [0.2, 0.25) is 0 Å². The molecule has 1 saturated carbocycles. The van der Waals surface area contributed by atoms with Crippen molar-refractivity contribution in [2.75, 3.05) is 26.3 Å². The number of rotatable bonds is 6. The van der Waals surface area contributed by atoms with E-state index in [4.69, 9.17) is 15.2 Å². The van der Waals surface area contributed by atoms with Crippen LogP contribution in [-0.2, 0) is 23.9 Å². The lowest BCUT2D eigenvalue weighted by molar-refractivity contribution is -0.168. The lowest BCUT2D eigenvalue weighted by Crippen LogP contribution is -2.44. The first-order valence-corrected chi connectivity index (χ1v) is 9.43. The van der Waals surface area contributed by atoms with E-state index in [0.717, 1.165) is 12.8 Å². The summed E-state index contributed by atoms with van der Waals surface area (Å²) in [5, 5.41) is 0. The summed E-state index contributed by atoms with van der Waals surface area (Å²) in [4.78, 5) is 39.4. The molecular weight excluding hydrogens is 348 g/mol. The van der Waals surface area contributed by atoms with E-state index >= 15 is 0 Å². The number of nitrogens with two attached hydrogens (primary N) is 1. The number of amides is 2. The summed E-state index contributed by atoms with van der Waals surface area (Å²) in [6, 6.07) is 8.72. The first-order valence-electron chi connectivity index (χ1n) is 9.43. The number of hydrogen-bond donors (Lipinski definition) is 1. The van der Waals surface area contributed by atoms with E-state index in [1.54, 1.807) is 29.2 Å². The standard InChI is InChI=1S/C20H26N2O5/c21-18(24)17(15-6-2-1-3-7-15)27-19(25)20(8-4-5-9-20)14-16(23)22-10-12-26-13-11-22/h1-3,6-7,17H,4-5,8-14H2,(H2,21,24). The first-order chi connectivity index (χ1) is 13.0. The molecule has 2 amide bonds. The van der Waals surface area contributed by atoms with Gasteiger partial charge in [0.2, 0.25) is 12.0 Å². The molecule has 1 saturated heterocycles. The molecule has 1 aromatic carbocycles. The highest BCUT2D eigenvalue weighted by Gasteiger charge is 2.46. The number of ether oxygens (including phenoxy) is 2. The van der Waals surface area contributed by atoms with Crippen molar-refractivity contribution in [2.24, 2.45) is 11.1 Å². The molecule has 1 aliphatic heterocycles. The van der Waals surface area contributed by atoms with Crippen molar-refractivity contribution in [1.82, 2.24) is 4.90 Å². The summed E-state index contributed by atoms with van der Waals surface area (Å²) in [5.41, 5.74) is 5.13. The van der Waals surface area contributed by atoms with Crippen molar-refractivity contribution in [3.8, 4) is 0 Å². The van der Waals surface area contributed by atoms with Gasteiger partial charge < -0.3 is 20.1 Å². The monoisotopic (exact) mass is 374 g/mol. The number of carbonyl (C=O) groups excluding carboxylic acids is 3. The summed E-state index contributed by atoms with van der Waals surface area (Å²) < 4.78 is 10.8. The molecule has 2 aliphatic rings. The Morgan fingerprint density at radius 1 is 1.11 bits per heavy atom. The third-order valence-electron chi connectivity index (χ3n) is 5.43. The normalized spacial score (nSPS) is 20.1. The Kier molecular flexibility index (Phi) is 6.11. The lowest BCUT2D eigenvalue weighted by Gasteiger charge is -2.32. The van der Waals surface area contributed by atoms with E-state index in [2.05, 4.69) is 0 Å². The maximum atomic E-state index is 13.0. The van der Waals surface area contributed by atoms with E-state index in [-0.39, 0.29) is 12.3 Å². The molecule has 1 heterocycles. The number of hydrogen-bond acceptors (Lipinski definition) is 5. The van der Waals surface area contributed by atoms with Gasteiger partial charge in [-0.2, -0.15) is 0 Å². The molecule has 2 fully saturated rings. The summed E-state index contributed by atoms with van der Waals surface area (Å²) in [6.07, 6.45) is 1.85.